The first-order valence-corrected chi connectivity index (χ1v) is 10.1. The van der Waals surface area contributed by atoms with E-state index in [2.05, 4.69) is 0 Å². The summed E-state index contributed by atoms with van der Waals surface area (Å²) in [6, 6.07) is 21.7. The van der Waals surface area contributed by atoms with Gasteiger partial charge in [-0.15, -0.1) is 0 Å². The van der Waals surface area contributed by atoms with Crippen molar-refractivity contribution < 1.29 is 40.6 Å². The summed E-state index contributed by atoms with van der Waals surface area (Å²) in [6.07, 6.45) is -8.83. The van der Waals surface area contributed by atoms with Crippen LogP contribution in [0.3, 0.4) is 0 Å². The summed E-state index contributed by atoms with van der Waals surface area (Å²) in [7, 11) is 0. The van der Waals surface area contributed by atoms with Crippen LogP contribution in [-0.4, -0.2) is 0 Å². The van der Waals surface area contributed by atoms with E-state index < -0.39 is 23.5 Å². The van der Waals surface area contributed by atoms with Crippen LogP contribution in [0.25, 0.3) is 0 Å². The van der Waals surface area contributed by atoms with Gasteiger partial charge in [0.1, 0.15) is 34.5 Å². The van der Waals surface area contributed by atoms with Gasteiger partial charge in [0.25, 0.3) is 0 Å². The van der Waals surface area contributed by atoms with Gasteiger partial charge in [0, 0.05) is 0 Å². The number of alkyl halides is 6. The van der Waals surface area contributed by atoms with Crippen LogP contribution in [0.1, 0.15) is 11.1 Å². The number of halogens is 6. The zero-order valence-electron chi connectivity index (χ0n) is 17.7. The lowest BCUT2D eigenvalue weighted by atomic mass is 10.2. The molecule has 0 spiro atoms. The molecule has 0 aliphatic carbocycles. The quantitative estimate of drug-likeness (QED) is 0.252. The second-order valence-corrected chi connectivity index (χ2v) is 7.29. The van der Waals surface area contributed by atoms with Crippen LogP contribution in [0.4, 0.5) is 26.3 Å². The van der Waals surface area contributed by atoms with Crippen molar-refractivity contribution in [1.82, 2.24) is 0 Å². The Kier molecular flexibility index (Phi) is 6.59. The Bertz CT molecular complexity index is 1140. The molecular formula is C26H16F6O3. The zero-order valence-corrected chi connectivity index (χ0v) is 17.7. The normalized spacial score (nSPS) is 11.7. The van der Waals surface area contributed by atoms with Crippen molar-refractivity contribution in [2.75, 3.05) is 0 Å². The van der Waals surface area contributed by atoms with Crippen LogP contribution in [0.2, 0.25) is 0 Å². The van der Waals surface area contributed by atoms with E-state index in [0.29, 0.717) is 23.0 Å². The average Bonchev–Trinajstić information content (AvgIpc) is 2.81. The highest BCUT2D eigenvalue weighted by atomic mass is 19.4. The van der Waals surface area contributed by atoms with Gasteiger partial charge < -0.3 is 14.2 Å². The van der Waals surface area contributed by atoms with E-state index in [0.717, 1.165) is 24.3 Å². The molecule has 4 rings (SSSR count). The van der Waals surface area contributed by atoms with E-state index in [-0.39, 0.29) is 11.5 Å². The number of hydrogen-bond donors (Lipinski definition) is 0. The van der Waals surface area contributed by atoms with E-state index in [1.807, 2.05) is 0 Å². The monoisotopic (exact) mass is 490 g/mol. The Hall–Kier alpha value is -4.14. The molecule has 180 valence electrons. The topological polar surface area (TPSA) is 27.7 Å². The van der Waals surface area contributed by atoms with Gasteiger partial charge in [0.2, 0.25) is 0 Å². The second kappa shape index (κ2) is 9.61. The number of ether oxygens (including phenoxy) is 3. The average molecular weight is 490 g/mol. The van der Waals surface area contributed by atoms with Crippen molar-refractivity contribution in [2.24, 2.45) is 0 Å². The number of benzene rings is 4. The molecule has 0 aliphatic heterocycles. The molecule has 0 saturated carbocycles. The third-order valence-electron chi connectivity index (χ3n) is 4.72. The summed E-state index contributed by atoms with van der Waals surface area (Å²) in [6.45, 7) is 0. The fourth-order valence-electron chi connectivity index (χ4n) is 2.98. The Morgan fingerprint density at radius 1 is 0.314 bits per heavy atom. The smallest absolute Gasteiger partial charge is 0.416 e. The van der Waals surface area contributed by atoms with Gasteiger partial charge in [-0.1, -0.05) is 0 Å². The predicted octanol–water partition coefficient (Wildman–Crippen LogP) is 9.10. The predicted molar refractivity (Wildman–Crippen MR) is 116 cm³/mol. The lowest BCUT2D eigenvalue weighted by Crippen LogP contribution is -2.03. The molecule has 4 aromatic rings. The third-order valence-corrected chi connectivity index (χ3v) is 4.72. The molecule has 4 aromatic carbocycles. The molecule has 0 atom stereocenters. The largest absolute Gasteiger partial charge is 0.457 e. The lowest BCUT2D eigenvalue weighted by Gasteiger charge is -2.11. The first-order valence-electron chi connectivity index (χ1n) is 10.1. The Labute approximate surface area is 196 Å². The van der Waals surface area contributed by atoms with Gasteiger partial charge in [0.15, 0.2) is 0 Å². The molecule has 0 amide bonds. The fourth-order valence-corrected chi connectivity index (χ4v) is 2.98. The van der Waals surface area contributed by atoms with Crippen molar-refractivity contribution in [3.05, 3.63) is 108 Å². The second-order valence-electron chi connectivity index (χ2n) is 7.29. The minimum absolute atomic E-state index is 0.260. The highest BCUT2D eigenvalue weighted by Crippen LogP contribution is 2.34. The lowest BCUT2D eigenvalue weighted by molar-refractivity contribution is -0.138. The Morgan fingerprint density at radius 2 is 0.486 bits per heavy atom. The van der Waals surface area contributed by atoms with Crippen LogP contribution < -0.4 is 14.2 Å². The summed E-state index contributed by atoms with van der Waals surface area (Å²) >= 11 is 0. The van der Waals surface area contributed by atoms with Crippen LogP contribution in [-0.2, 0) is 12.4 Å². The maximum atomic E-state index is 12.6. The summed E-state index contributed by atoms with van der Waals surface area (Å²) < 4.78 is 92.7. The standard InChI is InChI=1S/C26H16F6O3/c27-25(28,29)17-1-5-19(6-2-17)33-21-9-13-23(14-10-21)35-24-15-11-22(12-16-24)34-20-7-3-18(4-8-20)26(30,31)32/h1-16H. The Morgan fingerprint density at radius 3 is 0.657 bits per heavy atom. The maximum Gasteiger partial charge on any atom is 0.416 e. The third kappa shape index (κ3) is 6.47. The van der Waals surface area contributed by atoms with Gasteiger partial charge in [-0.05, 0) is 97.1 Å². The first kappa shape index (κ1) is 24.0. The van der Waals surface area contributed by atoms with Crippen molar-refractivity contribution in [3.63, 3.8) is 0 Å². The van der Waals surface area contributed by atoms with Crippen LogP contribution in [0.15, 0.2) is 97.1 Å². The zero-order chi connectivity index (χ0) is 25.1. The van der Waals surface area contributed by atoms with Crippen LogP contribution >= 0.6 is 0 Å². The van der Waals surface area contributed by atoms with E-state index in [4.69, 9.17) is 14.2 Å². The first-order chi connectivity index (χ1) is 16.6. The van der Waals surface area contributed by atoms with Crippen LogP contribution in [0.5, 0.6) is 34.5 Å². The number of hydrogen-bond acceptors (Lipinski definition) is 3. The molecule has 0 saturated heterocycles. The summed E-state index contributed by atoms with van der Waals surface area (Å²) in [5, 5.41) is 0. The summed E-state index contributed by atoms with van der Waals surface area (Å²) in [5.74, 6) is 2.32. The van der Waals surface area contributed by atoms with Crippen molar-refractivity contribution in [3.8, 4) is 34.5 Å². The molecule has 0 N–H and O–H groups in total. The van der Waals surface area contributed by atoms with Gasteiger partial charge in [0.05, 0.1) is 11.1 Å². The summed E-state index contributed by atoms with van der Waals surface area (Å²) in [5.41, 5.74) is -1.52. The molecule has 0 bridgehead atoms. The van der Waals surface area contributed by atoms with E-state index in [1.165, 1.54) is 24.3 Å². The molecule has 9 heteroatoms. The number of rotatable bonds is 6. The van der Waals surface area contributed by atoms with Gasteiger partial charge in [-0.2, -0.15) is 26.3 Å². The van der Waals surface area contributed by atoms with E-state index in [9.17, 15) is 26.3 Å². The molecule has 0 radical (unpaired) electrons. The highest BCUT2D eigenvalue weighted by molar-refractivity contribution is 5.41. The van der Waals surface area contributed by atoms with Crippen LogP contribution in [0, 0.1) is 0 Å². The fraction of sp³-hybridized carbons (Fsp3) is 0.0769. The minimum atomic E-state index is -4.41. The van der Waals surface area contributed by atoms with E-state index >= 15 is 0 Å². The van der Waals surface area contributed by atoms with E-state index in [1.54, 1.807) is 48.5 Å². The van der Waals surface area contributed by atoms with Gasteiger partial charge in [-0.3, -0.25) is 0 Å². The molecular weight excluding hydrogens is 474 g/mol. The molecule has 35 heavy (non-hydrogen) atoms. The van der Waals surface area contributed by atoms with Crippen molar-refractivity contribution in [1.29, 1.82) is 0 Å². The maximum absolute atomic E-state index is 12.6. The molecule has 3 nitrogen and oxygen atoms in total. The van der Waals surface area contributed by atoms with Gasteiger partial charge in [-0.25, -0.2) is 0 Å². The minimum Gasteiger partial charge on any atom is -0.457 e. The molecule has 0 heterocycles. The Balaban J connectivity index is 1.33. The van der Waals surface area contributed by atoms with Gasteiger partial charge >= 0.3 is 12.4 Å². The summed E-state index contributed by atoms with van der Waals surface area (Å²) in [4.78, 5) is 0. The van der Waals surface area contributed by atoms with Crippen molar-refractivity contribution >= 4 is 0 Å². The molecule has 0 unspecified atom stereocenters. The molecule has 0 aromatic heterocycles. The molecule has 0 fully saturated rings. The SMILES string of the molecule is FC(F)(F)c1ccc(Oc2ccc(Oc3ccc(Oc4ccc(C(F)(F)F)cc4)cc3)cc2)cc1. The highest BCUT2D eigenvalue weighted by Gasteiger charge is 2.30. The molecule has 0 aliphatic rings. The van der Waals surface area contributed by atoms with Crippen molar-refractivity contribution in [2.45, 2.75) is 12.4 Å².